The quantitative estimate of drug-likeness (QED) is 0.856. The SMILES string of the molecule is COC(=O)C1=NN(c2ccc(C#N)cc2)C(c2ccco2)NN1C. The van der Waals surface area contributed by atoms with E-state index in [9.17, 15) is 4.79 Å². The molecule has 2 heterocycles. The highest BCUT2D eigenvalue weighted by Gasteiger charge is 2.33. The fraction of sp³-hybridized carbons (Fsp3) is 0.188. The van der Waals surface area contributed by atoms with Gasteiger partial charge < -0.3 is 9.15 Å². The Hall–Kier alpha value is -3.31. The second-order valence-corrected chi connectivity index (χ2v) is 5.02. The van der Waals surface area contributed by atoms with E-state index < -0.39 is 12.1 Å². The molecule has 0 amide bonds. The second kappa shape index (κ2) is 6.44. The first-order valence-corrected chi connectivity index (χ1v) is 7.13. The molecule has 1 aromatic heterocycles. The molecule has 0 radical (unpaired) electrons. The van der Waals surface area contributed by atoms with Gasteiger partial charge in [-0.15, -0.1) is 5.10 Å². The van der Waals surface area contributed by atoms with E-state index >= 15 is 0 Å². The maximum absolute atomic E-state index is 11.9. The number of carbonyl (C=O) groups is 1. The third-order valence-corrected chi connectivity index (χ3v) is 3.52. The van der Waals surface area contributed by atoms with E-state index in [2.05, 4.69) is 16.6 Å². The molecule has 3 rings (SSSR count). The molecule has 2 aromatic rings. The van der Waals surface area contributed by atoms with E-state index in [-0.39, 0.29) is 5.84 Å². The van der Waals surface area contributed by atoms with Crippen molar-refractivity contribution in [2.75, 3.05) is 19.2 Å². The Kier molecular flexibility index (Phi) is 4.18. The third kappa shape index (κ3) is 2.80. The molecule has 0 bridgehead atoms. The van der Waals surface area contributed by atoms with Gasteiger partial charge in [0.2, 0.25) is 5.84 Å². The fourth-order valence-electron chi connectivity index (χ4n) is 2.32. The number of carbonyl (C=O) groups excluding carboxylic acids is 1. The number of hydrazine groups is 1. The Morgan fingerprint density at radius 3 is 2.71 bits per heavy atom. The Morgan fingerprint density at radius 1 is 1.38 bits per heavy atom. The number of likely N-dealkylation sites (N-methyl/N-ethyl adjacent to an activating group) is 1. The van der Waals surface area contributed by atoms with Crippen LogP contribution >= 0.6 is 0 Å². The molecule has 0 spiro atoms. The monoisotopic (exact) mass is 325 g/mol. The summed E-state index contributed by atoms with van der Waals surface area (Å²) < 4.78 is 10.2. The van der Waals surface area contributed by atoms with Crippen LogP contribution in [0.1, 0.15) is 17.5 Å². The number of amidine groups is 1. The number of ether oxygens (including phenoxy) is 1. The first-order chi connectivity index (χ1) is 11.6. The van der Waals surface area contributed by atoms with E-state index in [1.54, 1.807) is 54.7 Å². The molecule has 1 atom stereocenters. The van der Waals surface area contributed by atoms with Gasteiger partial charge in [-0.1, -0.05) is 0 Å². The molecule has 1 aromatic carbocycles. The maximum Gasteiger partial charge on any atom is 0.377 e. The number of furan rings is 1. The normalized spacial score (nSPS) is 17.2. The van der Waals surface area contributed by atoms with E-state index in [4.69, 9.17) is 14.4 Å². The summed E-state index contributed by atoms with van der Waals surface area (Å²) in [5.74, 6) is 0.157. The lowest BCUT2D eigenvalue weighted by atomic mass is 10.2. The molecule has 0 aliphatic carbocycles. The molecule has 122 valence electrons. The zero-order valence-corrected chi connectivity index (χ0v) is 13.1. The largest absolute Gasteiger partial charge is 0.466 e. The van der Waals surface area contributed by atoms with Crippen LogP contribution in [0.5, 0.6) is 0 Å². The van der Waals surface area contributed by atoms with Crippen molar-refractivity contribution in [1.82, 2.24) is 10.4 Å². The predicted octanol–water partition coefficient (Wildman–Crippen LogP) is 1.59. The summed E-state index contributed by atoms with van der Waals surface area (Å²) in [5.41, 5.74) is 4.36. The third-order valence-electron chi connectivity index (χ3n) is 3.52. The minimum atomic E-state index is -0.568. The van der Waals surface area contributed by atoms with Crippen LogP contribution in [0.4, 0.5) is 5.69 Å². The minimum absolute atomic E-state index is 0.102. The van der Waals surface area contributed by atoms with Gasteiger partial charge in [-0.05, 0) is 36.4 Å². The highest BCUT2D eigenvalue weighted by atomic mass is 16.5. The zero-order chi connectivity index (χ0) is 17.1. The summed E-state index contributed by atoms with van der Waals surface area (Å²) in [5, 5.41) is 16.4. The van der Waals surface area contributed by atoms with Gasteiger partial charge in [0.25, 0.3) is 0 Å². The molecular formula is C16H15N5O3. The molecule has 0 fully saturated rings. The molecule has 0 saturated heterocycles. The van der Waals surface area contributed by atoms with Gasteiger partial charge >= 0.3 is 5.97 Å². The van der Waals surface area contributed by atoms with E-state index in [0.29, 0.717) is 17.0 Å². The molecule has 24 heavy (non-hydrogen) atoms. The van der Waals surface area contributed by atoms with E-state index in [1.165, 1.54) is 12.1 Å². The van der Waals surface area contributed by atoms with Crippen LogP contribution < -0.4 is 10.4 Å². The number of anilines is 1. The molecule has 0 saturated carbocycles. The van der Waals surface area contributed by atoms with E-state index in [0.717, 1.165) is 0 Å². The van der Waals surface area contributed by atoms with Crippen molar-refractivity contribution >= 4 is 17.5 Å². The Bertz CT molecular complexity index is 792. The number of nitriles is 1. The van der Waals surface area contributed by atoms with Crippen molar-refractivity contribution < 1.29 is 13.9 Å². The van der Waals surface area contributed by atoms with Gasteiger partial charge in [-0.2, -0.15) is 5.26 Å². The number of nitrogens with one attached hydrogen (secondary N) is 1. The van der Waals surface area contributed by atoms with Crippen LogP contribution in [0, 0.1) is 11.3 Å². The first kappa shape index (κ1) is 15.6. The van der Waals surface area contributed by atoms with Crippen LogP contribution in [-0.4, -0.2) is 31.0 Å². The Morgan fingerprint density at radius 2 is 2.12 bits per heavy atom. The number of hydrogen-bond donors (Lipinski definition) is 1. The number of hydrazone groups is 1. The van der Waals surface area contributed by atoms with Gasteiger partial charge in [0, 0.05) is 7.05 Å². The zero-order valence-electron chi connectivity index (χ0n) is 13.1. The van der Waals surface area contributed by atoms with Crippen LogP contribution in [0.3, 0.4) is 0 Å². The molecule has 8 nitrogen and oxygen atoms in total. The van der Waals surface area contributed by atoms with Crippen LogP contribution in [-0.2, 0) is 9.53 Å². The van der Waals surface area contributed by atoms with Crippen LogP contribution in [0.15, 0.2) is 52.2 Å². The highest BCUT2D eigenvalue weighted by Crippen LogP contribution is 2.29. The molecule has 8 heteroatoms. The van der Waals surface area contributed by atoms with E-state index in [1.807, 2.05) is 0 Å². The predicted molar refractivity (Wildman–Crippen MR) is 85.4 cm³/mol. The van der Waals surface area contributed by atoms with Gasteiger partial charge in [0.1, 0.15) is 5.76 Å². The topological polar surface area (TPSA) is 94.1 Å². The van der Waals surface area contributed by atoms with Crippen molar-refractivity contribution in [2.45, 2.75) is 6.17 Å². The Labute approximate surface area is 138 Å². The standard InChI is InChI=1S/C16H15N5O3/c1-20-15(16(22)23-2)19-21(12-7-5-11(10-17)6-8-12)14(18-20)13-4-3-9-24-13/h3-9,14,18H,1-2H3. The number of hydrogen-bond acceptors (Lipinski definition) is 8. The molecule has 1 aliphatic rings. The molecule has 1 unspecified atom stereocenters. The lowest BCUT2D eigenvalue weighted by molar-refractivity contribution is -0.133. The maximum atomic E-state index is 11.9. The number of benzene rings is 1. The molecule has 1 aliphatic heterocycles. The van der Waals surface area contributed by atoms with Crippen molar-refractivity contribution in [3.05, 3.63) is 54.0 Å². The first-order valence-electron chi connectivity index (χ1n) is 7.13. The van der Waals surface area contributed by atoms with Crippen LogP contribution in [0.2, 0.25) is 0 Å². The number of nitrogens with zero attached hydrogens (tertiary/aromatic N) is 4. The smallest absolute Gasteiger partial charge is 0.377 e. The Balaban J connectivity index is 2.05. The number of methoxy groups -OCH3 is 1. The average Bonchev–Trinajstić information content (AvgIpc) is 3.15. The van der Waals surface area contributed by atoms with Gasteiger partial charge in [-0.3, -0.25) is 5.01 Å². The van der Waals surface area contributed by atoms with Crippen molar-refractivity contribution in [3.63, 3.8) is 0 Å². The summed E-state index contributed by atoms with van der Waals surface area (Å²) in [6.45, 7) is 0. The summed E-state index contributed by atoms with van der Waals surface area (Å²) in [6, 6.07) is 12.5. The summed E-state index contributed by atoms with van der Waals surface area (Å²) in [6.07, 6.45) is 1.11. The molecule has 1 N–H and O–H groups in total. The highest BCUT2D eigenvalue weighted by molar-refractivity contribution is 6.35. The van der Waals surface area contributed by atoms with Crippen molar-refractivity contribution in [1.29, 1.82) is 5.26 Å². The molecular weight excluding hydrogens is 310 g/mol. The van der Waals surface area contributed by atoms with Gasteiger partial charge in [0.05, 0.1) is 30.7 Å². The van der Waals surface area contributed by atoms with Crippen molar-refractivity contribution in [2.24, 2.45) is 5.10 Å². The number of rotatable bonds is 3. The minimum Gasteiger partial charge on any atom is -0.466 e. The summed E-state index contributed by atoms with van der Waals surface area (Å²) >= 11 is 0. The lowest BCUT2D eigenvalue weighted by Crippen LogP contribution is -2.54. The summed E-state index contributed by atoms with van der Waals surface area (Å²) in [4.78, 5) is 11.9. The van der Waals surface area contributed by atoms with Crippen LogP contribution in [0.25, 0.3) is 0 Å². The lowest BCUT2D eigenvalue weighted by Gasteiger charge is -2.37. The average molecular weight is 325 g/mol. The number of esters is 1. The summed E-state index contributed by atoms with van der Waals surface area (Å²) in [7, 11) is 2.96. The second-order valence-electron chi connectivity index (χ2n) is 5.02. The fourth-order valence-corrected chi connectivity index (χ4v) is 2.32. The van der Waals surface area contributed by atoms with Crippen molar-refractivity contribution in [3.8, 4) is 6.07 Å². The van der Waals surface area contributed by atoms with Gasteiger partial charge in [0.15, 0.2) is 6.17 Å². The van der Waals surface area contributed by atoms with Gasteiger partial charge in [-0.25, -0.2) is 15.2 Å².